The first-order valence-corrected chi connectivity index (χ1v) is 7.30. The van der Waals surface area contributed by atoms with Crippen LogP contribution in [0.3, 0.4) is 0 Å². The van der Waals surface area contributed by atoms with Crippen molar-refractivity contribution in [2.75, 3.05) is 6.61 Å². The summed E-state index contributed by atoms with van der Waals surface area (Å²) in [6.45, 7) is -0.0648. The number of aromatic carboxylic acids is 1. The molecule has 0 bridgehead atoms. The maximum absolute atomic E-state index is 12.4. The Labute approximate surface area is 141 Å². The quantitative estimate of drug-likeness (QED) is 0.797. The summed E-state index contributed by atoms with van der Waals surface area (Å²) in [5.74, 6) is -2.67. The highest BCUT2D eigenvalue weighted by molar-refractivity contribution is 5.94. The van der Waals surface area contributed by atoms with Gasteiger partial charge in [-0.05, 0) is 24.1 Å². The summed E-state index contributed by atoms with van der Waals surface area (Å²) in [6.07, 6.45) is -4.53. The van der Waals surface area contributed by atoms with Gasteiger partial charge in [-0.3, -0.25) is 0 Å². The number of nitrogens with two attached hydrogens (primary N) is 1. The number of benzene rings is 2. The first kappa shape index (κ1) is 18.6. The lowest BCUT2D eigenvalue weighted by Crippen LogP contribution is -2.30. The van der Waals surface area contributed by atoms with E-state index in [-0.39, 0.29) is 12.4 Å². The fraction of sp³-hybridized carbons (Fsp3) is 0.235. The predicted molar refractivity (Wildman–Crippen MR) is 83.7 cm³/mol. The van der Waals surface area contributed by atoms with Gasteiger partial charge in [-0.1, -0.05) is 36.4 Å². The van der Waals surface area contributed by atoms with Gasteiger partial charge in [0.05, 0.1) is 0 Å². The zero-order chi connectivity index (χ0) is 18.4. The molecule has 0 aliphatic heterocycles. The Morgan fingerprint density at radius 3 is 2.32 bits per heavy atom. The number of carboxylic acid groups (broad SMARTS) is 1. The lowest BCUT2D eigenvalue weighted by molar-refractivity contribution is -0.274. The Morgan fingerprint density at radius 1 is 1.08 bits per heavy atom. The molecular weight excluding hydrogens is 339 g/mol. The summed E-state index contributed by atoms with van der Waals surface area (Å²) in [5.41, 5.74) is 6.20. The molecule has 2 rings (SSSR count). The van der Waals surface area contributed by atoms with Crippen molar-refractivity contribution < 1.29 is 32.5 Å². The van der Waals surface area contributed by atoms with Crippen molar-refractivity contribution in [2.24, 2.45) is 5.73 Å². The van der Waals surface area contributed by atoms with E-state index in [4.69, 9.17) is 10.5 Å². The number of hydrogen-bond donors (Lipinski definition) is 2. The van der Waals surface area contributed by atoms with Crippen molar-refractivity contribution in [1.29, 1.82) is 0 Å². The van der Waals surface area contributed by atoms with Crippen LogP contribution in [0.5, 0.6) is 11.5 Å². The summed E-state index contributed by atoms with van der Waals surface area (Å²) in [7, 11) is 0. The average Bonchev–Trinajstić information content (AvgIpc) is 2.52. The van der Waals surface area contributed by atoms with Gasteiger partial charge >= 0.3 is 12.3 Å². The zero-order valence-corrected chi connectivity index (χ0v) is 13.0. The van der Waals surface area contributed by atoms with Crippen LogP contribution in [0.15, 0.2) is 48.5 Å². The van der Waals surface area contributed by atoms with Crippen LogP contribution in [-0.4, -0.2) is 30.1 Å². The molecule has 3 N–H and O–H groups in total. The molecule has 1 atom stereocenters. The van der Waals surface area contributed by atoms with Crippen molar-refractivity contribution in [3.05, 3.63) is 59.7 Å². The molecule has 0 saturated heterocycles. The largest absolute Gasteiger partial charge is 0.573 e. The van der Waals surface area contributed by atoms with Crippen molar-refractivity contribution in [3.63, 3.8) is 0 Å². The number of carboxylic acids is 1. The molecule has 0 amide bonds. The molecule has 5 nitrogen and oxygen atoms in total. The Morgan fingerprint density at radius 2 is 1.72 bits per heavy atom. The van der Waals surface area contributed by atoms with Crippen LogP contribution in [0, 0.1) is 0 Å². The van der Waals surface area contributed by atoms with Gasteiger partial charge in [0.2, 0.25) is 0 Å². The lowest BCUT2D eigenvalue weighted by atomic mass is 10.1. The van der Waals surface area contributed by atoms with Gasteiger partial charge in [0.25, 0.3) is 0 Å². The molecule has 0 heterocycles. The minimum atomic E-state index is -5.01. The van der Waals surface area contributed by atoms with Crippen LogP contribution in [-0.2, 0) is 6.42 Å². The number of alkyl halides is 3. The summed E-state index contributed by atoms with van der Waals surface area (Å²) in [6, 6.07) is 12.2. The SMILES string of the molecule is N[C@@H](COc1cccc(OC(F)(F)F)c1C(=O)O)Cc1ccccc1. The molecule has 2 aromatic rings. The topological polar surface area (TPSA) is 81.8 Å². The number of rotatable bonds is 7. The molecule has 8 heteroatoms. The van der Waals surface area contributed by atoms with Crippen molar-refractivity contribution in [1.82, 2.24) is 0 Å². The second-order valence-corrected chi connectivity index (χ2v) is 5.24. The average molecular weight is 355 g/mol. The van der Waals surface area contributed by atoms with E-state index in [0.29, 0.717) is 6.42 Å². The molecular formula is C17H16F3NO4. The molecule has 0 aliphatic rings. The Kier molecular flexibility index (Phi) is 5.87. The lowest BCUT2D eigenvalue weighted by Gasteiger charge is -2.17. The van der Waals surface area contributed by atoms with Gasteiger partial charge in [0, 0.05) is 6.04 Å². The van der Waals surface area contributed by atoms with E-state index in [2.05, 4.69) is 4.74 Å². The summed E-state index contributed by atoms with van der Waals surface area (Å²) in [5, 5.41) is 9.19. The third-order valence-electron chi connectivity index (χ3n) is 3.22. The zero-order valence-electron chi connectivity index (χ0n) is 13.0. The van der Waals surface area contributed by atoms with Crippen LogP contribution in [0.4, 0.5) is 13.2 Å². The van der Waals surface area contributed by atoms with Gasteiger partial charge in [-0.2, -0.15) is 0 Å². The molecule has 134 valence electrons. The molecule has 0 aliphatic carbocycles. The normalized spacial score (nSPS) is 12.5. The van der Waals surface area contributed by atoms with E-state index in [1.807, 2.05) is 30.3 Å². The van der Waals surface area contributed by atoms with Crippen LogP contribution in [0.2, 0.25) is 0 Å². The van der Waals surface area contributed by atoms with E-state index in [1.54, 1.807) is 0 Å². The fourth-order valence-corrected chi connectivity index (χ4v) is 2.22. The minimum absolute atomic E-state index is 0.0648. The van der Waals surface area contributed by atoms with Gasteiger partial charge in [-0.15, -0.1) is 13.2 Å². The van der Waals surface area contributed by atoms with Gasteiger partial charge in [0.15, 0.2) is 0 Å². The van der Waals surface area contributed by atoms with Crippen LogP contribution < -0.4 is 15.2 Å². The molecule has 0 unspecified atom stereocenters. The summed E-state index contributed by atoms with van der Waals surface area (Å²) < 4.78 is 46.3. The monoisotopic (exact) mass is 355 g/mol. The first-order valence-electron chi connectivity index (χ1n) is 7.30. The summed E-state index contributed by atoms with van der Waals surface area (Å²) in [4.78, 5) is 11.3. The molecule has 0 spiro atoms. The van der Waals surface area contributed by atoms with Crippen molar-refractivity contribution in [2.45, 2.75) is 18.8 Å². The van der Waals surface area contributed by atoms with E-state index in [0.717, 1.165) is 11.6 Å². The number of carbonyl (C=O) groups is 1. The molecule has 0 fully saturated rings. The number of ether oxygens (including phenoxy) is 2. The highest BCUT2D eigenvalue weighted by Gasteiger charge is 2.34. The van der Waals surface area contributed by atoms with E-state index >= 15 is 0 Å². The second-order valence-electron chi connectivity index (χ2n) is 5.24. The number of hydrogen-bond acceptors (Lipinski definition) is 4. The molecule has 0 aromatic heterocycles. The molecule has 25 heavy (non-hydrogen) atoms. The van der Waals surface area contributed by atoms with Gasteiger partial charge in [-0.25, -0.2) is 4.79 Å². The third-order valence-corrected chi connectivity index (χ3v) is 3.22. The molecule has 0 saturated carbocycles. The third kappa shape index (κ3) is 5.68. The van der Waals surface area contributed by atoms with Gasteiger partial charge < -0.3 is 20.3 Å². The smallest absolute Gasteiger partial charge is 0.491 e. The van der Waals surface area contributed by atoms with Crippen molar-refractivity contribution >= 4 is 5.97 Å². The first-order chi connectivity index (χ1) is 11.8. The number of halogens is 3. The van der Waals surface area contributed by atoms with Crippen LogP contribution in [0.1, 0.15) is 15.9 Å². The van der Waals surface area contributed by atoms with E-state index < -0.39 is 29.7 Å². The Balaban J connectivity index is 2.10. The molecule has 0 radical (unpaired) electrons. The van der Waals surface area contributed by atoms with E-state index in [9.17, 15) is 23.1 Å². The Bertz CT molecular complexity index is 720. The summed E-state index contributed by atoms with van der Waals surface area (Å²) >= 11 is 0. The van der Waals surface area contributed by atoms with Crippen LogP contribution in [0.25, 0.3) is 0 Å². The highest BCUT2D eigenvalue weighted by atomic mass is 19.4. The second kappa shape index (κ2) is 7.89. The predicted octanol–water partition coefficient (Wildman–Crippen LogP) is 3.23. The fourth-order valence-electron chi connectivity index (χ4n) is 2.22. The van der Waals surface area contributed by atoms with Crippen molar-refractivity contribution in [3.8, 4) is 11.5 Å². The van der Waals surface area contributed by atoms with Crippen LogP contribution >= 0.6 is 0 Å². The van der Waals surface area contributed by atoms with Gasteiger partial charge in [0.1, 0.15) is 23.7 Å². The maximum Gasteiger partial charge on any atom is 0.573 e. The van der Waals surface area contributed by atoms with E-state index in [1.165, 1.54) is 12.1 Å². The highest BCUT2D eigenvalue weighted by Crippen LogP contribution is 2.32. The molecule has 2 aromatic carbocycles. The minimum Gasteiger partial charge on any atom is -0.491 e. The Hall–Kier alpha value is -2.74. The maximum atomic E-state index is 12.4. The standard InChI is InChI=1S/C17H16F3NO4/c18-17(19,20)25-14-8-4-7-13(15(14)16(22)23)24-10-12(21)9-11-5-2-1-3-6-11/h1-8,12H,9-10,21H2,(H,22,23)/t12-/m1/s1.